The lowest BCUT2D eigenvalue weighted by Gasteiger charge is -2.39. The van der Waals surface area contributed by atoms with Crippen molar-refractivity contribution in [2.75, 3.05) is 18.0 Å². The second kappa shape index (κ2) is 9.51. The van der Waals surface area contributed by atoms with E-state index in [-0.39, 0.29) is 18.2 Å². The highest BCUT2D eigenvalue weighted by Crippen LogP contribution is 2.42. The highest BCUT2D eigenvalue weighted by Gasteiger charge is 2.52. The first-order valence-electron chi connectivity index (χ1n) is 10.9. The molecule has 180 valence electrons. The Bertz CT molecular complexity index is 1260. The first-order chi connectivity index (χ1) is 16.7. The highest BCUT2D eigenvalue weighted by atomic mass is 16.5. The van der Waals surface area contributed by atoms with Gasteiger partial charge in [0.1, 0.15) is 12.1 Å². The van der Waals surface area contributed by atoms with Gasteiger partial charge in [0.05, 0.1) is 6.54 Å². The fraction of sp³-hybridized carbons (Fsp3) is 0.240. The number of aryl methyl sites for hydroxylation is 2. The van der Waals surface area contributed by atoms with Crippen molar-refractivity contribution in [3.8, 4) is 6.01 Å². The van der Waals surface area contributed by atoms with Gasteiger partial charge in [0, 0.05) is 22.6 Å². The number of ether oxygens (including phenoxy) is 1. The molecule has 1 amide bonds. The number of anilines is 1. The molecule has 0 spiro atoms. The molecular weight excluding hydrogens is 452 g/mol. The van der Waals surface area contributed by atoms with Gasteiger partial charge in [-0.3, -0.25) is 19.8 Å². The number of fused-ring (bicyclic) bond motifs is 1. The molecule has 0 aliphatic carbocycles. The molecule has 35 heavy (non-hydrogen) atoms. The number of hydrogen-bond donors (Lipinski definition) is 3. The highest BCUT2D eigenvalue weighted by molar-refractivity contribution is 6.00. The Balaban J connectivity index is 1.99. The van der Waals surface area contributed by atoms with Gasteiger partial charge in [-0.15, -0.1) is 0 Å². The molecule has 1 aromatic heterocycles. The van der Waals surface area contributed by atoms with Crippen molar-refractivity contribution in [3.63, 3.8) is 0 Å². The number of carboxylic acid groups (broad SMARTS) is 2. The summed E-state index contributed by atoms with van der Waals surface area (Å²) in [7, 11) is 0. The Hall–Kier alpha value is -4.31. The molecule has 0 saturated heterocycles. The van der Waals surface area contributed by atoms with Crippen LogP contribution in [-0.2, 0) is 19.9 Å². The number of benzene rings is 2. The number of carbonyl (C=O) groups is 3. The predicted molar refractivity (Wildman–Crippen MR) is 125 cm³/mol. The molecule has 0 saturated carbocycles. The third-order valence-electron chi connectivity index (χ3n) is 5.76. The van der Waals surface area contributed by atoms with Crippen LogP contribution in [0.3, 0.4) is 0 Å². The molecule has 1 aliphatic rings. The molecule has 0 unspecified atom stereocenters. The molecule has 0 radical (unpaired) electrons. The Morgan fingerprint density at radius 2 is 1.69 bits per heavy atom. The van der Waals surface area contributed by atoms with E-state index in [1.807, 2.05) is 0 Å². The third-order valence-corrected chi connectivity index (χ3v) is 5.76. The van der Waals surface area contributed by atoms with Crippen molar-refractivity contribution < 1.29 is 29.3 Å². The number of amides is 1. The van der Waals surface area contributed by atoms with Crippen LogP contribution in [-0.4, -0.2) is 57.2 Å². The maximum atomic E-state index is 13.1. The Labute approximate surface area is 201 Å². The lowest BCUT2D eigenvalue weighted by atomic mass is 9.77. The number of hydrogen-bond acceptors (Lipinski definition) is 7. The van der Waals surface area contributed by atoms with Crippen molar-refractivity contribution in [3.05, 3.63) is 83.2 Å². The minimum Gasteiger partial charge on any atom is -0.480 e. The van der Waals surface area contributed by atoms with Gasteiger partial charge in [-0.1, -0.05) is 48.5 Å². The van der Waals surface area contributed by atoms with Crippen molar-refractivity contribution in [2.24, 2.45) is 0 Å². The number of aliphatic carboxylic acids is 2. The second-order valence-corrected chi connectivity index (χ2v) is 8.19. The van der Waals surface area contributed by atoms with E-state index in [0.29, 0.717) is 22.5 Å². The van der Waals surface area contributed by atoms with Crippen LogP contribution in [0.5, 0.6) is 6.01 Å². The van der Waals surface area contributed by atoms with Gasteiger partial charge < -0.3 is 14.9 Å². The first-order valence-corrected chi connectivity index (χ1v) is 10.9. The topological polar surface area (TPSA) is 142 Å². The van der Waals surface area contributed by atoms with E-state index >= 15 is 0 Å². The number of nitrogens with zero attached hydrogens (tertiary/aromatic N) is 3. The molecule has 3 aromatic rings. The lowest BCUT2D eigenvalue weighted by Crippen LogP contribution is -2.58. The van der Waals surface area contributed by atoms with Crippen molar-refractivity contribution in [1.82, 2.24) is 15.3 Å². The monoisotopic (exact) mass is 476 g/mol. The van der Waals surface area contributed by atoms with Crippen LogP contribution < -0.4 is 15.0 Å². The van der Waals surface area contributed by atoms with Crippen LogP contribution in [0.2, 0.25) is 0 Å². The van der Waals surface area contributed by atoms with E-state index in [4.69, 9.17) is 4.74 Å². The fourth-order valence-corrected chi connectivity index (χ4v) is 4.41. The standard InChI is InChI=1S/C25H24N4O6/c1-15-12-16(2)28-24(27-15)35-22(23(33)34)25(17-8-4-3-5-9-17)18-10-6-7-11-19(18)29(14-21(31)32)20(30)13-26-25/h3-12,22,26H,13-14H2,1-2H3,(H,31,32)(H,33,34)/t22-,25+/m1/s1. The first kappa shape index (κ1) is 23.8. The summed E-state index contributed by atoms with van der Waals surface area (Å²) in [6.07, 6.45) is -1.62. The fourth-order valence-electron chi connectivity index (χ4n) is 4.41. The van der Waals surface area contributed by atoms with E-state index < -0.39 is 36.0 Å². The molecule has 0 bridgehead atoms. The van der Waals surface area contributed by atoms with Gasteiger partial charge in [0.15, 0.2) is 0 Å². The minimum atomic E-state index is -1.62. The summed E-state index contributed by atoms with van der Waals surface area (Å²) >= 11 is 0. The zero-order valence-corrected chi connectivity index (χ0v) is 19.1. The van der Waals surface area contributed by atoms with Crippen LogP contribution in [0, 0.1) is 13.8 Å². The lowest BCUT2D eigenvalue weighted by molar-refractivity contribution is -0.149. The van der Waals surface area contributed by atoms with Gasteiger partial charge >= 0.3 is 17.9 Å². The summed E-state index contributed by atoms with van der Waals surface area (Å²) in [5.74, 6) is -3.04. The Morgan fingerprint density at radius 1 is 1.06 bits per heavy atom. The molecule has 10 nitrogen and oxygen atoms in total. The third kappa shape index (κ3) is 4.56. The Morgan fingerprint density at radius 3 is 2.31 bits per heavy atom. The van der Waals surface area contributed by atoms with Crippen molar-refractivity contribution in [2.45, 2.75) is 25.5 Å². The zero-order chi connectivity index (χ0) is 25.2. The maximum Gasteiger partial charge on any atom is 0.347 e. The summed E-state index contributed by atoms with van der Waals surface area (Å²) in [6, 6.07) is 16.9. The number of carboxylic acids is 2. The molecule has 3 N–H and O–H groups in total. The molecule has 2 heterocycles. The summed E-state index contributed by atoms with van der Waals surface area (Å²) in [6.45, 7) is 2.57. The van der Waals surface area contributed by atoms with Gasteiger partial charge in [0.25, 0.3) is 0 Å². The van der Waals surface area contributed by atoms with Crippen LogP contribution in [0.4, 0.5) is 5.69 Å². The van der Waals surface area contributed by atoms with Crippen molar-refractivity contribution in [1.29, 1.82) is 0 Å². The van der Waals surface area contributed by atoms with Gasteiger partial charge in [-0.2, -0.15) is 0 Å². The van der Waals surface area contributed by atoms with Crippen molar-refractivity contribution >= 4 is 23.5 Å². The summed E-state index contributed by atoms with van der Waals surface area (Å²) in [4.78, 5) is 47.0. The van der Waals surface area contributed by atoms with Gasteiger partial charge in [-0.25, -0.2) is 14.8 Å². The van der Waals surface area contributed by atoms with Gasteiger partial charge in [-0.05, 0) is 31.5 Å². The largest absolute Gasteiger partial charge is 0.480 e. The summed E-state index contributed by atoms with van der Waals surface area (Å²) in [5.41, 5.74) is 0.757. The van der Waals surface area contributed by atoms with Crippen LogP contribution >= 0.6 is 0 Å². The maximum absolute atomic E-state index is 13.1. The van der Waals surface area contributed by atoms with E-state index in [9.17, 15) is 24.6 Å². The van der Waals surface area contributed by atoms with E-state index in [1.54, 1.807) is 74.5 Å². The minimum absolute atomic E-state index is 0.123. The molecular formula is C25H24N4O6. The van der Waals surface area contributed by atoms with Crippen LogP contribution in [0.15, 0.2) is 60.7 Å². The molecule has 2 atom stereocenters. The predicted octanol–water partition coefficient (Wildman–Crippen LogP) is 1.89. The molecule has 10 heteroatoms. The Kier molecular flexibility index (Phi) is 6.48. The normalized spacial score (nSPS) is 18.3. The number of para-hydroxylation sites is 1. The molecule has 4 rings (SSSR count). The second-order valence-electron chi connectivity index (χ2n) is 8.19. The number of aromatic nitrogens is 2. The average molecular weight is 476 g/mol. The number of nitrogens with one attached hydrogen (secondary N) is 1. The summed E-state index contributed by atoms with van der Waals surface area (Å²) < 4.78 is 5.97. The van der Waals surface area contributed by atoms with E-state index in [0.717, 1.165) is 4.90 Å². The quantitative estimate of drug-likeness (QED) is 0.466. The average Bonchev–Trinajstić information content (AvgIpc) is 2.93. The SMILES string of the molecule is Cc1cc(C)nc(O[C@H](C(=O)O)[C@@]2(c3ccccc3)NCC(=O)N(CC(=O)O)c3ccccc32)n1. The number of carbonyl (C=O) groups excluding carboxylic acids is 1. The van der Waals surface area contributed by atoms with Crippen LogP contribution in [0.1, 0.15) is 22.5 Å². The van der Waals surface area contributed by atoms with Gasteiger partial charge in [0.2, 0.25) is 12.0 Å². The zero-order valence-electron chi connectivity index (χ0n) is 19.1. The smallest absolute Gasteiger partial charge is 0.347 e. The number of rotatable bonds is 7. The molecule has 0 fully saturated rings. The van der Waals surface area contributed by atoms with E-state index in [1.165, 1.54) is 0 Å². The van der Waals surface area contributed by atoms with E-state index in [2.05, 4.69) is 15.3 Å². The molecule has 1 aliphatic heterocycles. The molecule has 2 aromatic carbocycles. The van der Waals surface area contributed by atoms with Crippen LogP contribution in [0.25, 0.3) is 0 Å². The summed E-state index contributed by atoms with van der Waals surface area (Å²) in [5, 5.41) is 23.0.